The lowest BCUT2D eigenvalue weighted by molar-refractivity contribution is 0.140. The van der Waals surface area contributed by atoms with Crippen molar-refractivity contribution in [3.8, 4) is 5.75 Å². The molecule has 2 N–H and O–H groups in total. The van der Waals surface area contributed by atoms with Crippen molar-refractivity contribution in [2.45, 2.75) is 39.5 Å². The third-order valence-electron chi connectivity index (χ3n) is 5.34. The van der Waals surface area contributed by atoms with Crippen LogP contribution in [0.1, 0.15) is 30.2 Å². The molecule has 0 spiro atoms. The number of aliphatic imine (C=N–C) groups is 1. The van der Waals surface area contributed by atoms with Crippen molar-refractivity contribution in [3.63, 3.8) is 0 Å². The van der Waals surface area contributed by atoms with E-state index in [1.165, 1.54) is 10.9 Å². The quantitative estimate of drug-likeness (QED) is 0.258. The molecule has 7 heteroatoms. The number of aryl methyl sites for hydroxylation is 1. The SMILES string of the molecule is CCNC(=NCc1ccc(C)cc1OC1CCOC1)NCc1nccc2ccccc12.I. The minimum Gasteiger partial charge on any atom is -0.488 e. The molecule has 1 aromatic heterocycles. The highest BCUT2D eigenvalue weighted by Crippen LogP contribution is 2.24. The zero-order valence-corrected chi connectivity index (χ0v) is 21.0. The Hall–Kier alpha value is -2.39. The summed E-state index contributed by atoms with van der Waals surface area (Å²) in [6.45, 7) is 7.47. The molecule has 32 heavy (non-hydrogen) atoms. The summed E-state index contributed by atoms with van der Waals surface area (Å²) in [6, 6.07) is 16.6. The molecule has 2 aromatic carbocycles. The first-order valence-electron chi connectivity index (χ1n) is 10.9. The Morgan fingerprint density at radius 3 is 2.88 bits per heavy atom. The zero-order chi connectivity index (χ0) is 21.5. The van der Waals surface area contributed by atoms with E-state index in [0.717, 1.165) is 47.9 Å². The second kappa shape index (κ2) is 12.0. The van der Waals surface area contributed by atoms with E-state index in [-0.39, 0.29) is 30.1 Å². The van der Waals surface area contributed by atoms with Gasteiger partial charge in [0.2, 0.25) is 0 Å². The van der Waals surface area contributed by atoms with E-state index < -0.39 is 0 Å². The molecule has 170 valence electrons. The van der Waals surface area contributed by atoms with Crippen LogP contribution in [-0.4, -0.2) is 36.8 Å². The third kappa shape index (κ3) is 6.32. The van der Waals surface area contributed by atoms with Gasteiger partial charge < -0.3 is 20.1 Å². The normalized spacial score (nSPS) is 15.9. The Morgan fingerprint density at radius 1 is 1.19 bits per heavy atom. The van der Waals surface area contributed by atoms with Gasteiger partial charge >= 0.3 is 0 Å². The molecule has 0 bridgehead atoms. The Bertz CT molecular complexity index is 1050. The van der Waals surface area contributed by atoms with E-state index in [0.29, 0.717) is 19.7 Å². The van der Waals surface area contributed by atoms with Gasteiger partial charge in [0.15, 0.2) is 5.96 Å². The number of halogens is 1. The molecule has 1 saturated heterocycles. The van der Waals surface area contributed by atoms with Gasteiger partial charge in [-0.05, 0) is 36.9 Å². The Kier molecular flexibility index (Phi) is 9.11. The minimum absolute atomic E-state index is 0. The van der Waals surface area contributed by atoms with Crippen molar-refractivity contribution >= 4 is 40.7 Å². The van der Waals surface area contributed by atoms with Gasteiger partial charge in [0.05, 0.1) is 32.0 Å². The van der Waals surface area contributed by atoms with Crippen molar-refractivity contribution < 1.29 is 9.47 Å². The van der Waals surface area contributed by atoms with E-state index >= 15 is 0 Å². The molecule has 1 aliphatic heterocycles. The predicted molar refractivity (Wildman–Crippen MR) is 140 cm³/mol. The topological polar surface area (TPSA) is 67.8 Å². The summed E-state index contributed by atoms with van der Waals surface area (Å²) >= 11 is 0. The van der Waals surface area contributed by atoms with Crippen molar-refractivity contribution in [2.75, 3.05) is 19.8 Å². The molecule has 4 rings (SSSR count). The number of guanidine groups is 1. The highest BCUT2D eigenvalue weighted by atomic mass is 127. The first kappa shape index (κ1) is 24.3. The first-order valence-corrected chi connectivity index (χ1v) is 10.9. The molecule has 0 amide bonds. The van der Waals surface area contributed by atoms with Crippen LogP contribution in [0, 0.1) is 6.92 Å². The number of aromatic nitrogens is 1. The maximum atomic E-state index is 6.21. The van der Waals surface area contributed by atoms with Crippen molar-refractivity contribution in [2.24, 2.45) is 4.99 Å². The number of nitrogens with one attached hydrogen (secondary N) is 2. The summed E-state index contributed by atoms with van der Waals surface area (Å²) in [5, 5.41) is 9.09. The van der Waals surface area contributed by atoms with Crippen LogP contribution in [-0.2, 0) is 17.8 Å². The maximum Gasteiger partial charge on any atom is 0.191 e. The van der Waals surface area contributed by atoms with Gasteiger partial charge in [-0.15, -0.1) is 24.0 Å². The van der Waals surface area contributed by atoms with Crippen LogP contribution in [0.2, 0.25) is 0 Å². The van der Waals surface area contributed by atoms with Gasteiger partial charge in [0, 0.05) is 30.1 Å². The van der Waals surface area contributed by atoms with Gasteiger partial charge in [0.1, 0.15) is 11.9 Å². The number of pyridine rings is 1. The van der Waals surface area contributed by atoms with Gasteiger partial charge in [-0.2, -0.15) is 0 Å². The fraction of sp³-hybridized carbons (Fsp3) is 0.360. The van der Waals surface area contributed by atoms with Crippen LogP contribution in [0.4, 0.5) is 0 Å². The number of nitrogens with zero attached hydrogens (tertiary/aromatic N) is 2. The lowest BCUT2D eigenvalue weighted by atomic mass is 10.1. The number of hydrogen-bond acceptors (Lipinski definition) is 4. The molecule has 1 atom stereocenters. The molecule has 1 unspecified atom stereocenters. The standard InChI is InChI=1S/C25H30N4O2.HI/c1-3-26-25(29-16-23-22-7-5-4-6-19(22)10-12-27-23)28-15-20-9-8-18(2)14-24(20)31-21-11-13-30-17-21;/h4-10,12,14,21H,3,11,13,15-17H2,1-2H3,(H2,26,28,29);1H. The summed E-state index contributed by atoms with van der Waals surface area (Å²) in [4.78, 5) is 9.36. The first-order chi connectivity index (χ1) is 15.2. The third-order valence-corrected chi connectivity index (χ3v) is 5.34. The van der Waals surface area contributed by atoms with E-state index in [2.05, 4.69) is 59.8 Å². The van der Waals surface area contributed by atoms with Crippen molar-refractivity contribution in [1.82, 2.24) is 15.6 Å². The predicted octanol–water partition coefficient (Wildman–Crippen LogP) is 4.58. The van der Waals surface area contributed by atoms with E-state index in [9.17, 15) is 0 Å². The average Bonchev–Trinajstić information content (AvgIpc) is 3.30. The van der Waals surface area contributed by atoms with Crippen LogP contribution in [0.25, 0.3) is 10.8 Å². The van der Waals surface area contributed by atoms with E-state index in [1.54, 1.807) is 0 Å². The number of hydrogen-bond donors (Lipinski definition) is 2. The number of rotatable bonds is 7. The smallest absolute Gasteiger partial charge is 0.191 e. The fourth-order valence-corrected chi connectivity index (χ4v) is 3.68. The lowest BCUT2D eigenvalue weighted by Gasteiger charge is -2.16. The highest BCUT2D eigenvalue weighted by molar-refractivity contribution is 14.0. The molecule has 2 heterocycles. The molecule has 6 nitrogen and oxygen atoms in total. The van der Waals surface area contributed by atoms with Gasteiger partial charge in [-0.3, -0.25) is 4.98 Å². The van der Waals surface area contributed by atoms with Crippen LogP contribution in [0.3, 0.4) is 0 Å². The summed E-state index contributed by atoms with van der Waals surface area (Å²) < 4.78 is 11.7. The lowest BCUT2D eigenvalue weighted by Crippen LogP contribution is -2.37. The van der Waals surface area contributed by atoms with Gasteiger partial charge in [-0.25, -0.2) is 4.99 Å². The second-order valence-corrected chi connectivity index (χ2v) is 7.74. The van der Waals surface area contributed by atoms with Crippen LogP contribution < -0.4 is 15.4 Å². The zero-order valence-electron chi connectivity index (χ0n) is 18.6. The molecule has 3 aromatic rings. The largest absolute Gasteiger partial charge is 0.488 e. The van der Waals surface area contributed by atoms with Crippen molar-refractivity contribution in [3.05, 3.63) is 71.5 Å². The molecule has 0 saturated carbocycles. The van der Waals surface area contributed by atoms with Crippen LogP contribution in [0.15, 0.2) is 59.7 Å². The Morgan fingerprint density at radius 2 is 2.06 bits per heavy atom. The van der Waals surface area contributed by atoms with Gasteiger partial charge in [0.25, 0.3) is 0 Å². The van der Waals surface area contributed by atoms with Crippen molar-refractivity contribution in [1.29, 1.82) is 0 Å². The highest BCUT2D eigenvalue weighted by Gasteiger charge is 2.18. The summed E-state index contributed by atoms with van der Waals surface area (Å²) in [7, 11) is 0. The summed E-state index contributed by atoms with van der Waals surface area (Å²) in [6.07, 6.45) is 2.90. The number of fused-ring (bicyclic) bond motifs is 1. The molecule has 0 radical (unpaired) electrons. The van der Waals surface area contributed by atoms with E-state index in [1.807, 2.05) is 24.4 Å². The summed E-state index contributed by atoms with van der Waals surface area (Å²) in [5.74, 6) is 1.65. The van der Waals surface area contributed by atoms with Crippen LogP contribution >= 0.6 is 24.0 Å². The molecule has 0 aliphatic carbocycles. The maximum absolute atomic E-state index is 6.21. The number of benzene rings is 2. The van der Waals surface area contributed by atoms with Crippen LogP contribution in [0.5, 0.6) is 5.75 Å². The monoisotopic (exact) mass is 546 g/mol. The fourth-order valence-electron chi connectivity index (χ4n) is 3.68. The van der Waals surface area contributed by atoms with E-state index in [4.69, 9.17) is 14.5 Å². The average molecular weight is 546 g/mol. The Labute approximate surface area is 206 Å². The second-order valence-electron chi connectivity index (χ2n) is 7.74. The Balaban J connectivity index is 0.00000289. The molecule has 1 aliphatic rings. The minimum atomic E-state index is 0. The molecular formula is C25H31IN4O2. The number of ether oxygens (including phenoxy) is 2. The summed E-state index contributed by atoms with van der Waals surface area (Å²) in [5.41, 5.74) is 3.25. The molecular weight excluding hydrogens is 515 g/mol. The molecule has 1 fully saturated rings. The van der Waals surface area contributed by atoms with Gasteiger partial charge in [-0.1, -0.05) is 36.4 Å².